The lowest BCUT2D eigenvalue weighted by Crippen LogP contribution is -2.51. The van der Waals surface area contributed by atoms with Crippen LogP contribution in [-0.2, 0) is 13.6 Å². The van der Waals surface area contributed by atoms with Crippen LogP contribution < -0.4 is 5.32 Å². The molecule has 0 atom stereocenters. The fraction of sp³-hybridized carbons (Fsp3) is 0.733. The summed E-state index contributed by atoms with van der Waals surface area (Å²) in [5.41, 5.74) is 3.80. The van der Waals surface area contributed by atoms with Gasteiger partial charge in [-0.1, -0.05) is 6.92 Å². The minimum atomic E-state index is 0.908. The second kappa shape index (κ2) is 7.22. The van der Waals surface area contributed by atoms with Crippen molar-refractivity contribution in [1.29, 1.82) is 0 Å². The minimum Gasteiger partial charge on any atom is -0.363 e. The largest absolute Gasteiger partial charge is 0.363 e. The highest BCUT2D eigenvalue weighted by atomic mass is 32.1. The van der Waals surface area contributed by atoms with Gasteiger partial charge in [0.25, 0.3) is 0 Å². The average Bonchev–Trinajstić information content (AvgIpc) is 2.72. The standard InChI is InChI=1S/C15H27N5S/c1-5-6-16-15(21)20-9-7-19(8-10-20)11-14-12(2)17-18(4)13(14)3/h5-11H2,1-4H3,(H,16,21). The number of thiocarbonyl (C=S) groups is 1. The SMILES string of the molecule is CCCNC(=S)N1CCN(Cc2c(C)nn(C)c2C)CC1. The second-order valence-corrected chi connectivity index (χ2v) is 6.15. The number of nitrogens with zero attached hydrogens (tertiary/aromatic N) is 4. The molecule has 0 unspecified atom stereocenters. The van der Waals surface area contributed by atoms with Gasteiger partial charge in [-0.25, -0.2) is 0 Å². The molecule has 1 aromatic heterocycles. The van der Waals surface area contributed by atoms with Crippen LogP contribution in [-0.4, -0.2) is 57.4 Å². The lowest BCUT2D eigenvalue weighted by atomic mass is 10.1. The van der Waals surface area contributed by atoms with Gasteiger partial charge in [0.05, 0.1) is 5.69 Å². The van der Waals surface area contributed by atoms with E-state index in [0.29, 0.717) is 0 Å². The van der Waals surface area contributed by atoms with Crippen LogP contribution in [0.3, 0.4) is 0 Å². The summed E-state index contributed by atoms with van der Waals surface area (Å²) in [6.07, 6.45) is 1.11. The van der Waals surface area contributed by atoms with Crippen LogP contribution in [0.4, 0.5) is 0 Å². The van der Waals surface area contributed by atoms with E-state index >= 15 is 0 Å². The number of hydrogen-bond donors (Lipinski definition) is 1. The zero-order valence-corrected chi connectivity index (χ0v) is 14.5. The first-order valence-electron chi connectivity index (χ1n) is 7.77. The third-order valence-electron chi connectivity index (χ3n) is 4.23. The molecule has 1 fully saturated rings. The van der Waals surface area contributed by atoms with Gasteiger partial charge in [0, 0.05) is 57.6 Å². The second-order valence-electron chi connectivity index (χ2n) is 5.77. The first-order chi connectivity index (χ1) is 10.0. The predicted molar refractivity (Wildman–Crippen MR) is 90.4 cm³/mol. The zero-order valence-electron chi connectivity index (χ0n) is 13.6. The van der Waals surface area contributed by atoms with E-state index in [0.717, 1.165) is 56.5 Å². The average molecular weight is 309 g/mol. The van der Waals surface area contributed by atoms with Crippen LogP contribution >= 0.6 is 12.2 Å². The molecule has 0 amide bonds. The Morgan fingerprint density at radius 2 is 1.90 bits per heavy atom. The van der Waals surface area contributed by atoms with E-state index in [1.807, 2.05) is 11.7 Å². The molecule has 1 aromatic rings. The molecule has 0 spiro atoms. The summed E-state index contributed by atoms with van der Waals surface area (Å²) < 4.78 is 1.98. The summed E-state index contributed by atoms with van der Waals surface area (Å²) in [5.74, 6) is 0. The number of hydrogen-bond acceptors (Lipinski definition) is 3. The van der Waals surface area contributed by atoms with E-state index in [4.69, 9.17) is 12.2 Å². The molecule has 2 heterocycles. The highest BCUT2D eigenvalue weighted by molar-refractivity contribution is 7.80. The predicted octanol–water partition coefficient (Wildman–Crippen LogP) is 1.44. The fourth-order valence-corrected chi connectivity index (χ4v) is 3.01. The van der Waals surface area contributed by atoms with Crippen molar-refractivity contribution in [3.63, 3.8) is 0 Å². The summed E-state index contributed by atoms with van der Waals surface area (Å²) in [4.78, 5) is 4.78. The van der Waals surface area contributed by atoms with Gasteiger partial charge in [-0.05, 0) is 32.5 Å². The molecule has 1 saturated heterocycles. The molecule has 0 aromatic carbocycles. The van der Waals surface area contributed by atoms with Crippen molar-refractivity contribution in [2.24, 2.45) is 7.05 Å². The lowest BCUT2D eigenvalue weighted by Gasteiger charge is -2.36. The Bertz CT molecular complexity index is 488. The smallest absolute Gasteiger partial charge is 0.169 e. The zero-order chi connectivity index (χ0) is 15.4. The van der Waals surface area contributed by atoms with Gasteiger partial charge in [0.15, 0.2) is 5.11 Å². The van der Waals surface area contributed by atoms with Gasteiger partial charge >= 0.3 is 0 Å². The van der Waals surface area contributed by atoms with Crippen molar-refractivity contribution in [2.45, 2.75) is 33.7 Å². The molecular formula is C15H27N5S. The molecule has 118 valence electrons. The topological polar surface area (TPSA) is 36.3 Å². The van der Waals surface area contributed by atoms with E-state index in [9.17, 15) is 0 Å². The summed E-state index contributed by atoms with van der Waals surface area (Å²) in [6, 6.07) is 0. The van der Waals surface area contributed by atoms with Crippen LogP contribution in [0.5, 0.6) is 0 Å². The molecule has 1 aliphatic heterocycles. The molecule has 1 N–H and O–H groups in total. The molecule has 0 saturated carbocycles. The van der Waals surface area contributed by atoms with Gasteiger partial charge in [-0.3, -0.25) is 9.58 Å². The minimum absolute atomic E-state index is 0.908. The number of aromatic nitrogens is 2. The molecule has 2 rings (SSSR count). The maximum atomic E-state index is 5.44. The molecular weight excluding hydrogens is 282 g/mol. The Kier molecular flexibility index (Phi) is 5.58. The third-order valence-corrected chi connectivity index (χ3v) is 4.63. The van der Waals surface area contributed by atoms with Crippen molar-refractivity contribution in [2.75, 3.05) is 32.7 Å². The van der Waals surface area contributed by atoms with Crippen molar-refractivity contribution >= 4 is 17.3 Å². The highest BCUT2D eigenvalue weighted by Gasteiger charge is 2.20. The lowest BCUT2D eigenvalue weighted by molar-refractivity contribution is 0.174. The van der Waals surface area contributed by atoms with E-state index in [1.165, 1.54) is 11.3 Å². The van der Waals surface area contributed by atoms with Crippen molar-refractivity contribution < 1.29 is 0 Å². The Balaban J connectivity index is 1.85. The summed E-state index contributed by atoms with van der Waals surface area (Å²) in [5, 5.41) is 8.72. The van der Waals surface area contributed by atoms with Crippen molar-refractivity contribution in [3.8, 4) is 0 Å². The molecule has 5 nitrogen and oxygen atoms in total. The number of piperazine rings is 1. The van der Waals surface area contributed by atoms with Crippen LogP contribution in [0.15, 0.2) is 0 Å². The molecule has 0 aliphatic carbocycles. The first kappa shape index (κ1) is 16.2. The first-order valence-corrected chi connectivity index (χ1v) is 8.18. The molecule has 0 bridgehead atoms. The van der Waals surface area contributed by atoms with Crippen LogP contribution in [0.1, 0.15) is 30.3 Å². The monoisotopic (exact) mass is 309 g/mol. The molecule has 0 radical (unpaired) electrons. The Morgan fingerprint density at radius 1 is 1.24 bits per heavy atom. The van der Waals surface area contributed by atoms with Gasteiger partial charge in [0.1, 0.15) is 0 Å². The highest BCUT2D eigenvalue weighted by Crippen LogP contribution is 2.16. The van der Waals surface area contributed by atoms with Gasteiger partial charge < -0.3 is 10.2 Å². The fourth-order valence-electron chi connectivity index (χ4n) is 2.72. The number of aryl methyl sites for hydroxylation is 2. The summed E-state index contributed by atoms with van der Waals surface area (Å²) >= 11 is 5.44. The van der Waals surface area contributed by atoms with E-state index in [1.54, 1.807) is 0 Å². The van der Waals surface area contributed by atoms with Gasteiger partial charge in [-0.2, -0.15) is 5.10 Å². The van der Waals surface area contributed by atoms with Crippen LogP contribution in [0.25, 0.3) is 0 Å². The quantitative estimate of drug-likeness (QED) is 0.852. The van der Waals surface area contributed by atoms with E-state index in [-0.39, 0.29) is 0 Å². The van der Waals surface area contributed by atoms with E-state index < -0.39 is 0 Å². The normalized spacial score (nSPS) is 16.3. The molecule has 6 heteroatoms. The van der Waals surface area contributed by atoms with Crippen LogP contribution in [0.2, 0.25) is 0 Å². The molecule has 1 aliphatic rings. The van der Waals surface area contributed by atoms with E-state index in [2.05, 4.69) is 41.0 Å². The Hall–Kier alpha value is -1.14. The third kappa shape index (κ3) is 3.95. The van der Waals surface area contributed by atoms with Crippen molar-refractivity contribution in [3.05, 3.63) is 17.0 Å². The van der Waals surface area contributed by atoms with Gasteiger partial charge in [0.2, 0.25) is 0 Å². The summed E-state index contributed by atoms with van der Waals surface area (Å²) in [7, 11) is 2.02. The summed E-state index contributed by atoms with van der Waals surface area (Å²) in [6.45, 7) is 12.5. The maximum absolute atomic E-state index is 5.44. The van der Waals surface area contributed by atoms with Crippen molar-refractivity contribution in [1.82, 2.24) is 24.9 Å². The number of rotatable bonds is 4. The van der Waals surface area contributed by atoms with Gasteiger partial charge in [-0.15, -0.1) is 0 Å². The maximum Gasteiger partial charge on any atom is 0.169 e. The Morgan fingerprint density at radius 3 is 2.43 bits per heavy atom. The Labute approximate surface area is 133 Å². The van der Waals surface area contributed by atoms with Crippen LogP contribution in [0, 0.1) is 13.8 Å². The number of nitrogens with one attached hydrogen (secondary N) is 1. The molecule has 21 heavy (non-hydrogen) atoms.